The van der Waals surface area contributed by atoms with Crippen LogP contribution >= 0.6 is 0 Å². The van der Waals surface area contributed by atoms with Gasteiger partial charge in [0.05, 0.1) is 6.10 Å². The molecule has 1 aromatic carbocycles. The quantitative estimate of drug-likeness (QED) is 0.891. The molecule has 3 nitrogen and oxygen atoms in total. The number of hydrogen-bond donors (Lipinski definition) is 1. The Morgan fingerprint density at radius 2 is 2.22 bits per heavy atom. The zero-order chi connectivity index (χ0) is 13.0. The molecule has 0 amide bonds. The zero-order valence-electron chi connectivity index (χ0n) is 11.4. The fourth-order valence-electron chi connectivity index (χ4n) is 2.55. The Morgan fingerprint density at radius 1 is 1.44 bits per heavy atom. The molecular formula is C15H24N2O. The lowest BCUT2D eigenvalue weighted by molar-refractivity contribution is 0.0821. The summed E-state index contributed by atoms with van der Waals surface area (Å²) in [6.45, 7) is 7.11. The van der Waals surface area contributed by atoms with Crippen LogP contribution in [0.5, 0.6) is 0 Å². The Hall–Kier alpha value is -1.06. The number of rotatable bonds is 3. The highest BCUT2D eigenvalue weighted by molar-refractivity contribution is 5.54. The van der Waals surface area contributed by atoms with Gasteiger partial charge in [-0.1, -0.05) is 18.2 Å². The molecule has 1 heterocycles. The summed E-state index contributed by atoms with van der Waals surface area (Å²) in [5.41, 5.74) is 8.61. The van der Waals surface area contributed by atoms with E-state index in [-0.39, 0.29) is 6.04 Å². The standard InChI is InChI=1S/C15H24N2O/c1-12(16)10-14-6-3-4-7-15(14)17-8-5-9-18-13(2)11-17/h3-4,6-7,12-13H,5,8-11,16H2,1-2H3. The monoisotopic (exact) mass is 248 g/mol. The van der Waals surface area contributed by atoms with E-state index in [1.165, 1.54) is 11.3 Å². The van der Waals surface area contributed by atoms with Gasteiger partial charge in [0, 0.05) is 31.4 Å². The van der Waals surface area contributed by atoms with Crippen LogP contribution < -0.4 is 10.6 Å². The normalized spacial score (nSPS) is 22.6. The molecule has 3 heteroatoms. The van der Waals surface area contributed by atoms with Crippen molar-refractivity contribution in [2.75, 3.05) is 24.6 Å². The van der Waals surface area contributed by atoms with Gasteiger partial charge in [-0.25, -0.2) is 0 Å². The van der Waals surface area contributed by atoms with Crippen LogP contribution in [0.3, 0.4) is 0 Å². The van der Waals surface area contributed by atoms with Gasteiger partial charge in [-0.05, 0) is 38.3 Å². The SMILES string of the molecule is CC(N)Cc1ccccc1N1CCCOC(C)C1. The summed E-state index contributed by atoms with van der Waals surface area (Å²) in [4.78, 5) is 2.44. The number of ether oxygens (including phenoxy) is 1. The highest BCUT2D eigenvalue weighted by Crippen LogP contribution is 2.23. The molecule has 0 aliphatic carbocycles. The molecule has 18 heavy (non-hydrogen) atoms. The molecule has 2 N–H and O–H groups in total. The van der Waals surface area contributed by atoms with Crippen LogP contribution in [0, 0.1) is 0 Å². The highest BCUT2D eigenvalue weighted by Gasteiger charge is 2.17. The van der Waals surface area contributed by atoms with Gasteiger partial charge in [-0.3, -0.25) is 0 Å². The van der Waals surface area contributed by atoms with E-state index in [0.717, 1.165) is 32.5 Å². The number of benzene rings is 1. The van der Waals surface area contributed by atoms with Gasteiger partial charge in [-0.2, -0.15) is 0 Å². The van der Waals surface area contributed by atoms with Crippen molar-refractivity contribution in [3.05, 3.63) is 29.8 Å². The summed E-state index contributed by atoms with van der Waals surface area (Å²) in [6, 6.07) is 8.80. The largest absolute Gasteiger partial charge is 0.377 e. The molecule has 1 fully saturated rings. The van der Waals surface area contributed by atoms with E-state index < -0.39 is 0 Å². The molecule has 0 bridgehead atoms. The lowest BCUT2D eigenvalue weighted by atomic mass is 10.0. The maximum absolute atomic E-state index is 5.94. The molecular weight excluding hydrogens is 224 g/mol. The molecule has 1 aliphatic heterocycles. The van der Waals surface area contributed by atoms with E-state index in [1.807, 2.05) is 0 Å². The fourth-order valence-corrected chi connectivity index (χ4v) is 2.55. The van der Waals surface area contributed by atoms with E-state index in [4.69, 9.17) is 10.5 Å². The molecule has 2 rings (SSSR count). The maximum atomic E-state index is 5.94. The Balaban J connectivity index is 2.20. The van der Waals surface area contributed by atoms with Crippen molar-refractivity contribution in [1.82, 2.24) is 0 Å². The summed E-state index contributed by atoms with van der Waals surface area (Å²) >= 11 is 0. The number of hydrogen-bond acceptors (Lipinski definition) is 3. The van der Waals surface area contributed by atoms with Crippen LogP contribution in [-0.2, 0) is 11.2 Å². The third kappa shape index (κ3) is 3.47. The fraction of sp³-hybridized carbons (Fsp3) is 0.600. The van der Waals surface area contributed by atoms with Gasteiger partial charge in [0.15, 0.2) is 0 Å². The van der Waals surface area contributed by atoms with Gasteiger partial charge < -0.3 is 15.4 Å². The van der Waals surface area contributed by atoms with Crippen molar-refractivity contribution >= 4 is 5.69 Å². The van der Waals surface area contributed by atoms with Crippen molar-refractivity contribution in [3.8, 4) is 0 Å². The van der Waals surface area contributed by atoms with Crippen molar-refractivity contribution in [1.29, 1.82) is 0 Å². The molecule has 0 radical (unpaired) electrons. The first-order valence-corrected chi connectivity index (χ1v) is 6.87. The molecule has 0 aromatic heterocycles. The van der Waals surface area contributed by atoms with Crippen molar-refractivity contribution < 1.29 is 4.74 Å². The van der Waals surface area contributed by atoms with Crippen molar-refractivity contribution in [2.45, 2.75) is 38.8 Å². The van der Waals surface area contributed by atoms with Crippen molar-refractivity contribution in [2.24, 2.45) is 5.73 Å². The summed E-state index contributed by atoms with van der Waals surface area (Å²) < 4.78 is 5.71. The minimum Gasteiger partial charge on any atom is -0.377 e. The van der Waals surface area contributed by atoms with Gasteiger partial charge in [-0.15, -0.1) is 0 Å². The lowest BCUT2D eigenvalue weighted by Crippen LogP contribution is -2.31. The summed E-state index contributed by atoms with van der Waals surface area (Å²) in [5, 5.41) is 0. The molecule has 100 valence electrons. The predicted octanol–water partition coefficient (Wildman–Crippen LogP) is 2.19. The van der Waals surface area contributed by atoms with E-state index >= 15 is 0 Å². The number of para-hydroxylation sites is 1. The smallest absolute Gasteiger partial charge is 0.0721 e. The average molecular weight is 248 g/mol. The van der Waals surface area contributed by atoms with Crippen LogP contribution in [0.25, 0.3) is 0 Å². The number of nitrogens with zero attached hydrogens (tertiary/aromatic N) is 1. The van der Waals surface area contributed by atoms with Crippen molar-refractivity contribution in [3.63, 3.8) is 0 Å². The Bertz CT molecular complexity index is 379. The first kappa shape index (κ1) is 13.4. The maximum Gasteiger partial charge on any atom is 0.0721 e. The Morgan fingerprint density at radius 3 is 3.00 bits per heavy atom. The number of anilines is 1. The molecule has 0 spiro atoms. The number of nitrogens with two attached hydrogens (primary N) is 1. The minimum atomic E-state index is 0.201. The molecule has 0 saturated carbocycles. The topological polar surface area (TPSA) is 38.5 Å². The van der Waals surface area contributed by atoms with E-state index in [1.54, 1.807) is 0 Å². The molecule has 1 saturated heterocycles. The minimum absolute atomic E-state index is 0.201. The third-order valence-electron chi connectivity index (χ3n) is 3.33. The van der Waals surface area contributed by atoms with Crippen LogP contribution in [0.15, 0.2) is 24.3 Å². The highest BCUT2D eigenvalue weighted by atomic mass is 16.5. The Labute approximate surface area is 110 Å². The molecule has 1 aliphatic rings. The third-order valence-corrected chi connectivity index (χ3v) is 3.33. The second-order valence-corrected chi connectivity index (χ2v) is 5.29. The van der Waals surface area contributed by atoms with Crippen LogP contribution in [-0.4, -0.2) is 31.8 Å². The predicted molar refractivity (Wildman–Crippen MR) is 76.0 cm³/mol. The van der Waals surface area contributed by atoms with E-state index in [9.17, 15) is 0 Å². The van der Waals surface area contributed by atoms with Gasteiger partial charge in [0.1, 0.15) is 0 Å². The zero-order valence-corrected chi connectivity index (χ0v) is 11.4. The first-order chi connectivity index (χ1) is 8.66. The van der Waals surface area contributed by atoms with E-state index in [0.29, 0.717) is 6.10 Å². The molecule has 1 aromatic rings. The first-order valence-electron chi connectivity index (χ1n) is 6.87. The van der Waals surface area contributed by atoms with Gasteiger partial charge in [0.2, 0.25) is 0 Å². The van der Waals surface area contributed by atoms with Crippen LogP contribution in [0.2, 0.25) is 0 Å². The second kappa shape index (κ2) is 6.21. The summed E-state index contributed by atoms with van der Waals surface area (Å²) in [5.74, 6) is 0. The van der Waals surface area contributed by atoms with Gasteiger partial charge in [0.25, 0.3) is 0 Å². The van der Waals surface area contributed by atoms with E-state index in [2.05, 4.69) is 43.0 Å². The summed E-state index contributed by atoms with van der Waals surface area (Å²) in [6.07, 6.45) is 2.33. The summed E-state index contributed by atoms with van der Waals surface area (Å²) in [7, 11) is 0. The van der Waals surface area contributed by atoms with Crippen LogP contribution in [0.1, 0.15) is 25.8 Å². The molecule has 2 unspecified atom stereocenters. The second-order valence-electron chi connectivity index (χ2n) is 5.29. The lowest BCUT2D eigenvalue weighted by Gasteiger charge is -2.27. The average Bonchev–Trinajstić information content (AvgIpc) is 2.54. The Kier molecular flexibility index (Phi) is 4.61. The van der Waals surface area contributed by atoms with Crippen LogP contribution in [0.4, 0.5) is 5.69 Å². The molecule has 2 atom stereocenters. The van der Waals surface area contributed by atoms with Gasteiger partial charge >= 0.3 is 0 Å².